The first-order chi connectivity index (χ1) is 8.13. The molecule has 2 nitrogen and oxygen atoms in total. The van der Waals surface area contributed by atoms with Crippen LogP contribution in [0.2, 0.25) is 0 Å². The number of aliphatic hydroxyl groups excluding tert-OH is 1. The van der Waals surface area contributed by atoms with Gasteiger partial charge in [0.05, 0.1) is 6.61 Å². The first-order valence-corrected chi connectivity index (χ1v) is 7.11. The van der Waals surface area contributed by atoms with Crippen LogP contribution in [0.15, 0.2) is 18.2 Å². The second kappa shape index (κ2) is 7.62. The van der Waals surface area contributed by atoms with Crippen molar-refractivity contribution in [3.05, 3.63) is 29.3 Å². The number of rotatable bonds is 7. The Hall–Kier alpha value is -0.670. The minimum absolute atomic E-state index is 0.270. The van der Waals surface area contributed by atoms with Crippen LogP contribution in [0.1, 0.15) is 24.5 Å². The molecule has 0 radical (unpaired) electrons. The number of hydrogen-bond donors (Lipinski definition) is 1. The third-order valence-corrected chi connectivity index (χ3v) is 3.83. The lowest BCUT2D eigenvalue weighted by Crippen LogP contribution is -2.06. The number of aryl methyl sites for hydroxylation is 2. The molecule has 0 heterocycles. The van der Waals surface area contributed by atoms with Gasteiger partial charge in [-0.25, -0.2) is 0 Å². The summed E-state index contributed by atoms with van der Waals surface area (Å²) < 4.78 is 5.76. The highest BCUT2D eigenvalue weighted by Gasteiger charge is 2.03. The largest absolute Gasteiger partial charge is 0.492 e. The van der Waals surface area contributed by atoms with Gasteiger partial charge >= 0.3 is 0 Å². The predicted octanol–water partition coefficient (Wildman–Crippen LogP) is 3.19. The normalized spacial score (nSPS) is 12.5. The van der Waals surface area contributed by atoms with Crippen LogP contribution in [0.3, 0.4) is 0 Å². The molecule has 17 heavy (non-hydrogen) atoms. The molecule has 0 spiro atoms. The Morgan fingerprint density at radius 1 is 1.35 bits per heavy atom. The summed E-state index contributed by atoms with van der Waals surface area (Å²) >= 11 is 1.85. The van der Waals surface area contributed by atoms with Crippen LogP contribution in [-0.2, 0) is 0 Å². The van der Waals surface area contributed by atoms with E-state index in [1.807, 2.05) is 11.8 Å². The van der Waals surface area contributed by atoms with Crippen molar-refractivity contribution in [2.75, 3.05) is 19.0 Å². The minimum atomic E-state index is 0.270. The Labute approximate surface area is 108 Å². The molecule has 0 aliphatic heterocycles. The molecule has 1 N–H and O–H groups in total. The fraction of sp³-hybridized carbons (Fsp3) is 0.571. The molecule has 3 heteroatoms. The summed E-state index contributed by atoms with van der Waals surface area (Å²) in [6.45, 7) is 7.27. The Morgan fingerprint density at radius 3 is 2.82 bits per heavy atom. The average Bonchev–Trinajstić information content (AvgIpc) is 2.29. The summed E-state index contributed by atoms with van der Waals surface area (Å²) in [4.78, 5) is 0. The smallest absolute Gasteiger partial charge is 0.122 e. The van der Waals surface area contributed by atoms with Crippen LogP contribution in [0.5, 0.6) is 5.75 Å². The zero-order valence-electron chi connectivity index (χ0n) is 10.9. The van der Waals surface area contributed by atoms with Crippen molar-refractivity contribution < 1.29 is 9.84 Å². The van der Waals surface area contributed by atoms with Gasteiger partial charge in [-0.3, -0.25) is 0 Å². The summed E-state index contributed by atoms with van der Waals surface area (Å²) in [5.41, 5.74) is 2.41. The van der Waals surface area contributed by atoms with Crippen LogP contribution >= 0.6 is 11.8 Å². The SMILES string of the molecule is Cc1ccc(C)c(OCCSC(C)CCO)c1. The van der Waals surface area contributed by atoms with Gasteiger partial charge in [0.1, 0.15) is 5.75 Å². The number of hydrogen-bond acceptors (Lipinski definition) is 3. The van der Waals surface area contributed by atoms with Crippen molar-refractivity contribution >= 4 is 11.8 Å². The second-order valence-electron chi connectivity index (χ2n) is 4.31. The highest BCUT2D eigenvalue weighted by molar-refractivity contribution is 7.99. The number of thioether (sulfide) groups is 1. The zero-order chi connectivity index (χ0) is 12.7. The molecule has 0 aliphatic carbocycles. The van der Waals surface area contributed by atoms with E-state index in [0.717, 1.165) is 24.5 Å². The van der Waals surface area contributed by atoms with Gasteiger partial charge in [0.15, 0.2) is 0 Å². The van der Waals surface area contributed by atoms with Crippen LogP contribution < -0.4 is 4.74 Å². The maximum atomic E-state index is 8.79. The molecule has 1 rings (SSSR count). The Bertz CT molecular complexity index is 339. The summed E-state index contributed by atoms with van der Waals surface area (Å²) in [7, 11) is 0. The summed E-state index contributed by atoms with van der Waals surface area (Å²) in [6, 6.07) is 6.27. The molecule has 0 aromatic heterocycles. The van der Waals surface area contributed by atoms with E-state index in [1.165, 1.54) is 11.1 Å². The van der Waals surface area contributed by atoms with Gasteiger partial charge in [0, 0.05) is 17.6 Å². The zero-order valence-corrected chi connectivity index (χ0v) is 11.7. The van der Waals surface area contributed by atoms with Crippen LogP contribution in [-0.4, -0.2) is 29.3 Å². The quantitative estimate of drug-likeness (QED) is 0.758. The topological polar surface area (TPSA) is 29.5 Å². The number of aliphatic hydroxyl groups is 1. The van der Waals surface area contributed by atoms with E-state index in [0.29, 0.717) is 5.25 Å². The standard InChI is InChI=1S/C14H22O2S/c1-11-4-5-12(2)14(10-11)16-8-9-17-13(3)6-7-15/h4-5,10,13,15H,6-9H2,1-3H3. The maximum Gasteiger partial charge on any atom is 0.122 e. The first kappa shape index (κ1) is 14.4. The van der Waals surface area contributed by atoms with Gasteiger partial charge in [-0.15, -0.1) is 0 Å². The Balaban J connectivity index is 2.28. The maximum absolute atomic E-state index is 8.79. The lowest BCUT2D eigenvalue weighted by atomic mass is 10.1. The second-order valence-corrected chi connectivity index (χ2v) is 5.86. The molecule has 1 aromatic carbocycles. The third-order valence-electron chi connectivity index (χ3n) is 2.62. The van der Waals surface area contributed by atoms with Gasteiger partial charge in [0.25, 0.3) is 0 Å². The van der Waals surface area contributed by atoms with Crippen LogP contribution in [0.25, 0.3) is 0 Å². The van der Waals surface area contributed by atoms with E-state index >= 15 is 0 Å². The van der Waals surface area contributed by atoms with Crippen molar-refractivity contribution in [2.45, 2.75) is 32.4 Å². The Morgan fingerprint density at radius 2 is 2.12 bits per heavy atom. The van der Waals surface area contributed by atoms with E-state index in [1.54, 1.807) is 0 Å². The molecule has 0 fully saturated rings. The van der Waals surface area contributed by atoms with E-state index in [-0.39, 0.29) is 6.61 Å². The van der Waals surface area contributed by atoms with Crippen LogP contribution in [0.4, 0.5) is 0 Å². The molecule has 1 aromatic rings. The summed E-state index contributed by atoms with van der Waals surface area (Å²) in [5, 5.41) is 9.30. The van der Waals surface area contributed by atoms with E-state index in [4.69, 9.17) is 9.84 Å². The fourth-order valence-electron chi connectivity index (χ4n) is 1.53. The molecular weight excluding hydrogens is 232 g/mol. The highest BCUT2D eigenvalue weighted by Crippen LogP contribution is 2.20. The third kappa shape index (κ3) is 5.46. The lowest BCUT2D eigenvalue weighted by Gasteiger charge is -2.12. The first-order valence-electron chi connectivity index (χ1n) is 6.06. The lowest BCUT2D eigenvalue weighted by molar-refractivity contribution is 0.288. The molecule has 1 unspecified atom stereocenters. The van der Waals surface area contributed by atoms with Crippen molar-refractivity contribution in [1.82, 2.24) is 0 Å². The molecule has 0 bridgehead atoms. The molecular formula is C14H22O2S. The number of ether oxygens (including phenoxy) is 1. The van der Waals surface area contributed by atoms with Crippen molar-refractivity contribution in [2.24, 2.45) is 0 Å². The van der Waals surface area contributed by atoms with Gasteiger partial charge in [0.2, 0.25) is 0 Å². The molecule has 0 saturated heterocycles. The monoisotopic (exact) mass is 254 g/mol. The molecule has 1 atom stereocenters. The molecule has 0 saturated carbocycles. The van der Waals surface area contributed by atoms with E-state index in [2.05, 4.69) is 39.0 Å². The van der Waals surface area contributed by atoms with Crippen molar-refractivity contribution in [1.29, 1.82) is 0 Å². The van der Waals surface area contributed by atoms with Gasteiger partial charge < -0.3 is 9.84 Å². The summed E-state index contributed by atoms with van der Waals surface area (Å²) in [5.74, 6) is 1.95. The van der Waals surface area contributed by atoms with Crippen molar-refractivity contribution in [3.8, 4) is 5.75 Å². The fourth-order valence-corrected chi connectivity index (χ4v) is 2.38. The highest BCUT2D eigenvalue weighted by atomic mass is 32.2. The van der Waals surface area contributed by atoms with Gasteiger partial charge in [-0.05, 0) is 37.5 Å². The minimum Gasteiger partial charge on any atom is -0.492 e. The summed E-state index contributed by atoms with van der Waals surface area (Å²) in [6.07, 6.45) is 0.855. The average molecular weight is 254 g/mol. The number of benzene rings is 1. The predicted molar refractivity (Wildman–Crippen MR) is 75.0 cm³/mol. The molecule has 0 amide bonds. The van der Waals surface area contributed by atoms with Crippen molar-refractivity contribution in [3.63, 3.8) is 0 Å². The van der Waals surface area contributed by atoms with Gasteiger partial charge in [-0.1, -0.05) is 19.1 Å². The van der Waals surface area contributed by atoms with E-state index < -0.39 is 0 Å². The molecule has 96 valence electrons. The van der Waals surface area contributed by atoms with E-state index in [9.17, 15) is 0 Å². The van der Waals surface area contributed by atoms with Gasteiger partial charge in [-0.2, -0.15) is 11.8 Å². The Kier molecular flexibility index (Phi) is 6.45. The molecule has 0 aliphatic rings. The van der Waals surface area contributed by atoms with Crippen LogP contribution in [0, 0.1) is 13.8 Å².